The van der Waals surface area contributed by atoms with Crippen LogP contribution >= 0.6 is 23.7 Å². The Labute approximate surface area is 87.4 Å². The molecule has 0 fully saturated rings. The summed E-state index contributed by atoms with van der Waals surface area (Å²) in [6.45, 7) is 0.807. The Morgan fingerprint density at radius 3 is 2.85 bits per heavy atom. The number of carboxylic acid groups (broad SMARTS) is 1. The Kier molecular flexibility index (Phi) is 5.70. The molecular weight excluding hydrogens is 210 g/mol. The number of hydrogen-bond donors (Lipinski definition) is 1. The standard InChI is InChI=1S/C8H11NO2S.ClH/c1-9(6-8(10)11)5-7-3-2-4-12-7;/h2-4H,5-6H2,1H3,(H,10,11);1H. The largest absolute Gasteiger partial charge is 0.480 e. The molecule has 0 saturated heterocycles. The van der Waals surface area contributed by atoms with Crippen LogP contribution in [0.5, 0.6) is 0 Å². The number of hydrogen-bond acceptors (Lipinski definition) is 3. The molecule has 0 saturated carbocycles. The van der Waals surface area contributed by atoms with Gasteiger partial charge < -0.3 is 5.11 Å². The lowest BCUT2D eigenvalue weighted by Crippen LogP contribution is -2.24. The fourth-order valence-corrected chi connectivity index (χ4v) is 1.74. The summed E-state index contributed by atoms with van der Waals surface area (Å²) < 4.78 is 0. The van der Waals surface area contributed by atoms with Gasteiger partial charge in [0.2, 0.25) is 0 Å². The van der Waals surface area contributed by atoms with Crippen molar-refractivity contribution in [3.63, 3.8) is 0 Å². The first kappa shape index (κ1) is 12.4. The SMILES string of the molecule is CN(CC(=O)O)Cc1cccs1.Cl. The minimum Gasteiger partial charge on any atom is -0.480 e. The fourth-order valence-electron chi connectivity index (χ4n) is 0.955. The summed E-state index contributed by atoms with van der Waals surface area (Å²) in [5.41, 5.74) is 0. The molecule has 74 valence electrons. The van der Waals surface area contributed by atoms with Gasteiger partial charge in [0.15, 0.2) is 0 Å². The van der Waals surface area contributed by atoms with Crippen LogP contribution in [0.15, 0.2) is 17.5 Å². The number of halogens is 1. The van der Waals surface area contributed by atoms with Crippen LogP contribution in [0.4, 0.5) is 0 Å². The lowest BCUT2D eigenvalue weighted by atomic mass is 10.4. The number of aliphatic carboxylic acids is 1. The molecule has 1 heterocycles. The van der Waals surface area contributed by atoms with Crippen molar-refractivity contribution in [2.45, 2.75) is 6.54 Å². The zero-order chi connectivity index (χ0) is 8.97. The van der Waals surface area contributed by atoms with E-state index in [-0.39, 0.29) is 19.0 Å². The highest BCUT2D eigenvalue weighted by Gasteiger charge is 2.04. The van der Waals surface area contributed by atoms with E-state index in [0.29, 0.717) is 6.54 Å². The Balaban J connectivity index is 0.00000144. The molecule has 0 unspecified atom stereocenters. The Bertz CT molecular complexity index is 251. The highest BCUT2D eigenvalue weighted by Crippen LogP contribution is 2.10. The van der Waals surface area contributed by atoms with Crippen molar-refractivity contribution in [1.29, 1.82) is 0 Å². The second-order valence-corrected chi connectivity index (χ2v) is 3.68. The summed E-state index contributed by atoms with van der Waals surface area (Å²) in [5.74, 6) is -0.783. The van der Waals surface area contributed by atoms with E-state index in [4.69, 9.17) is 5.11 Å². The second-order valence-electron chi connectivity index (χ2n) is 2.65. The van der Waals surface area contributed by atoms with Gasteiger partial charge in [0.05, 0.1) is 6.54 Å². The van der Waals surface area contributed by atoms with Crippen LogP contribution in [0.2, 0.25) is 0 Å². The van der Waals surface area contributed by atoms with Crippen LogP contribution in [0.3, 0.4) is 0 Å². The van der Waals surface area contributed by atoms with Crippen LogP contribution in [0.1, 0.15) is 4.88 Å². The van der Waals surface area contributed by atoms with Crippen LogP contribution in [0, 0.1) is 0 Å². The van der Waals surface area contributed by atoms with Crippen LogP contribution in [-0.2, 0) is 11.3 Å². The summed E-state index contributed by atoms with van der Waals surface area (Å²) in [5, 5.41) is 10.5. The maximum atomic E-state index is 10.3. The molecule has 0 radical (unpaired) electrons. The van der Waals surface area contributed by atoms with Gasteiger partial charge in [0.1, 0.15) is 0 Å². The summed E-state index contributed by atoms with van der Waals surface area (Å²) in [6, 6.07) is 3.97. The summed E-state index contributed by atoms with van der Waals surface area (Å²) in [4.78, 5) is 13.3. The molecule has 0 aromatic carbocycles. The van der Waals surface area contributed by atoms with Gasteiger partial charge in [-0.1, -0.05) is 6.07 Å². The lowest BCUT2D eigenvalue weighted by Gasteiger charge is -2.11. The maximum Gasteiger partial charge on any atom is 0.317 e. The van der Waals surface area contributed by atoms with Gasteiger partial charge in [0.25, 0.3) is 0 Å². The first-order valence-electron chi connectivity index (χ1n) is 3.61. The third kappa shape index (κ3) is 4.87. The molecule has 0 atom stereocenters. The monoisotopic (exact) mass is 221 g/mol. The topological polar surface area (TPSA) is 40.5 Å². The molecule has 0 amide bonds. The third-order valence-electron chi connectivity index (χ3n) is 1.41. The molecule has 0 aliphatic carbocycles. The van der Waals surface area contributed by atoms with E-state index in [1.54, 1.807) is 23.3 Å². The molecule has 1 rings (SSSR count). The predicted molar refractivity (Wildman–Crippen MR) is 55.5 cm³/mol. The second kappa shape index (κ2) is 5.96. The first-order chi connectivity index (χ1) is 5.68. The van der Waals surface area contributed by atoms with Crippen molar-refractivity contribution < 1.29 is 9.90 Å². The van der Waals surface area contributed by atoms with Crippen molar-refractivity contribution in [2.75, 3.05) is 13.6 Å². The normalized spacial score (nSPS) is 9.69. The van der Waals surface area contributed by atoms with Crippen LogP contribution in [-0.4, -0.2) is 29.6 Å². The number of likely N-dealkylation sites (N-methyl/N-ethyl adjacent to an activating group) is 1. The molecule has 1 aromatic heterocycles. The van der Waals surface area contributed by atoms with E-state index in [1.807, 2.05) is 17.5 Å². The molecule has 1 aromatic rings. The molecule has 3 nitrogen and oxygen atoms in total. The molecule has 1 N–H and O–H groups in total. The quantitative estimate of drug-likeness (QED) is 0.841. The molecule has 0 bridgehead atoms. The minimum absolute atomic E-state index is 0. The van der Waals surface area contributed by atoms with Gasteiger partial charge in [-0.3, -0.25) is 9.69 Å². The van der Waals surface area contributed by atoms with Crippen molar-refractivity contribution >= 4 is 29.7 Å². The fraction of sp³-hybridized carbons (Fsp3) is 0.375. The molecule has 5 heteroatoms. The average molecular weight is 222 g/mol. The van der Waals surface area contributed by atoms with E-state index in [9.17, 15) is 4.79 Å². The molecule has 13 heavy (non-hydrogen) atoms. The zero-order valence-electron chi connectivity index (χ0n) is 7.27. The van der Waals surface area contributed by atoms with E-state index in [0.717, 1.165) is 0 Å². The highest BCUT2D eigenvalue weighted by atomic mass is 35.5. The number of carboxylic acids is 1. The van der Waals surface area contributed by atoms with E-state index < -0.39 is 5.97 Å². The van der Waals surface area contributed by atoms with Crippen LogP contribution < -0.4 is 0 Å². The van der Waals surface area contributed by atoms with Crippen molar-refractivity contribution in [3.05, 3.63) is 22.4 Å². The molecule has 0 aliphatic heterocycles. The number of rotatable bonds is 4. The van der Waals surface area contributed by atoms with Gasteiger partial charge in [-0.15, -0.1) is 23.7 Å². The zero-order valence-corrected chi connectivity index (χ0v) is 8.90. The predicted octanol–water partition coefficient (Wildman–Crippen LogP) is 1.69. The summed E-state index contributed by atoms with van der Waals surface area (Å²) >= 11 is 1.64. The third-order valence-corrected chi connectivity index (χ3v) is 2.27. The highest BCUT2D eigenvalue weighted by molar-refractivity contribution is 7.09. The van der Waals surface area contributed by atoms with Gasteiger partial charge in [-0.2, -0.15) is 0 Å². The minimum atomic E-state index is -0.783. The summed E-state index contributed by atoms with van der Waals surface area (Å²) in [6.07, 6.45) is 0. The van der Waals surface area contributed by atoms with Crippen molar-refractivity contribution in [3.8, 4) is 0 Å². The van der Waals surface area contributed by atoms with Crippen LogP contribution in [0.25, 0.3) is 0 Å². The van der Waals surface area contributed by atoms with E-state index >= 15 is 0 Å². The summed E-state index contributed by atoms with van der Waals surface area (Å²) in [7, 11) is 1.80. The Morgan fingerprint density at radius 1 is 1.69 bits per heavy atom. The van der Waals surface area contributed by atoms with E-state index in [2.05, 4.69) is 0 Å². The Hall–Kier alpha value is -0.580. The van der Waals surface area contributed by atoms with Gasteiger partial charge in [0, 0.05) is 11.4 Å². The number of nitrogens with zero attached hydrogens (tertiary/aromatic N) is 1. The van der Waals surface area contributed by atoms with Crippen molar-refractivity contribution in [2.24, 2.45) is 0 Å². The average Bonchev–Trinajstić information content (AvgIpc) is 2.37. The molecule has 0 aliphatic rings. The molecular formula is C8H12ClNO2S. The Morgan fingerprint density at radius 2 is 2.38 bits per heavy atom. The molecule has 0 spiro atoms. The number of thiophene rings is 1. The lowest BCUT2D eigenvalue weighted by molar-refractivity contribution is -0.138. The van der Waals surface area contributed by atoms with E-state index in [1.165, 1.54) is 4.88 Å². The van der Waals surface area contributed by atoms with Crippen molar-refractivity contribution in [1.82, 2.24) is 4.90 Å². The van der Waals surface area contributed by atoms with Gasteiger partial charge in [-0.05, 0) is 18.5 Å². The first-order valence-corrected chi connectivity index (χ1v) is 4.49. The van der Waals surface area contributed by atoms with Gasteiger partial charge >= 0.3 is 5.97 Å². The smallest absolute Gasteiger partial charge is 0.317 e. The number of carbonyl (C=O) groups is 1. The van der Waals surface area contributed by atoms with Gasteiger partial charge in [-0.25, -0.2) is 0 Å². The maximum absolute atomic E-state index is 10.3.